The number of cyclic esters (lactones) is 1. The Hall–Kier alpha value is -1.06. The molecule has 4 heteroatoms. The van der Waals surface area contributed by atoms with Crippen LogP contribution in [0.1, 0.15) is 33.6 Å². The molecule has 0 aliphatic carbocycles. The predicted octanol–water partition coefficient (Wildman–Crippen LogP) is 1.68. The Morgan fingerprint density at radius 2 is 2.13 bits per heavy atom. The number of carboxylic acids is 1. The van der Waals surface area contributed by atoms with Gasteiger partial charge in [0.15, 0.2) is 5.92 Å². The van der Waals surface area contributed by atoms with Gasteiger partial charge in [-0.15, -0.1) is 0 Å². The molecule has 1 fully saturated rings. The minimum absolute atomic E-state index is 0.221. The fourth-order valence-corrected chi connectivity index (χ4v) is 2.05. The summed E-state index contributed by atoms with van der Waals surface area (Å²) in [6.07, 6.45) is 1.05. The van der Waals surface area contributed by atoms with Crippen molar-refractivity contribution in [3.05, 3.63) is 0 Å². The van der Waals surface area contributed by atoms with E-state index in [1.54, 1.807) is 0 Å². The second-order valence-electron chi connectivity index (χ2n) is 4.71. The van der Waals surface area contributed by atoms with Gasteiger partial charge in [0.05, 0.1) is 0 Å². The molecule has 0 aromatic carbocycles. The summed E-state index contributed by atoms with van der Waals surface area (Å²) in [5.74, 6) is -1.84. The Labute approximate surface area is 89.6 Å². The van der Waals surface area contributed by atoms with Crippen molar-refractivity contribution in [2.24, 2.45) is 17.8 Å². The van der Waals surface area contributed by atoms with E-state index in [1.807, 2.05) is 6.92 Å². The van der Waals surface area contributed by atoms with Gasteiger partial charge in [-0.05, 0) is 18.3 Å². The summed E-state index contributed by atoms with van der Waals surface area (Å²) in [5.41, 5.74) is 0. The molecule has 1 rings (SSSR count). The lowest BCUT2D eigenvalue weighted by atomic mass is 9.90. The van der Waals surface area contributed by atoms with Crippen LogP contribution in [0.15, 0.2) is 0 Å². The van der Waals surface area contributed by atoms with Gasteiger partial charge in [-0.2, -0.15) is 0 Å². The summed E-state index contributed by atoms with van der Waals surface area (Å²) in [5, 5.41) is 8.76. The highest BCUT2D eigenvalue weighted by molar-refractivity contribution is 5.95. The minimum Gasteiger partial charge on any atom is -0.481 e. The molecule has 1 N–H and O–H groups in total. The summed E-state index contributed by atoms with van der Waals surface area (Å²) < 4.78 is 5.08. The first-order chi connectivity index (χ1) is 6.91. The molecule has 3 unspecified atom stereocenters. The van der Waals surface area contributed by atoms with Crippen LogP contribution in [0.2, 0.25) is 0 Å². The highest BCUT2D eigenvalue weighted by Gasteiger charge is 2.41. The molecule has 86 valence electrons. The molecule has 0 radical (unpaired) electrons. The van der Waals surface area contributed by atoms with Crippen LogP contribution in [-0.2, 0) is 14.3 Å². The van der Waals surface area contributed by atoms with Crippen LogP contribution in [0, 0.1) is 17.8 Å². The monoisotopic (exact) mass is 214 g/mol. The first kappa shape index (κ1) is 12.0. The van der Waals surface area contributed by atoms with E-state index in [1.165, 1.54) is 0 Å². The van der Waals surface area contributed by atoms with Crippen LogP contribution in [0.3, 0.4) is 0 Å². The summed E-state index contributed by atoms with van der Waals surface area (Å²) >= 11 is 0. The molecular formula is C11H18O4. The average molecular weight is 214 g/mol. The molecule has 4 nitrogen and oxygen atoms in total. The average Bonchev–Trinajstić information content (AvgIpc) is 2.46. The first-order valence-electron chi connectivity index (χ1n) is 5.35. The van der Waals surface area contributed by atoms with Gasteiger partial charge in [0, 0.05) is 6.42 Å². The van der Waals surface area contributed by atoms with E-state index in [4.69, 9.17) is 9.84 Å². The third kappa shape index (κ3) is 2.94. The van der Waals surface area contributed by atoms with E-state index in [9.17, 15) is 9.59 Å². The number of aliphatic carboxylic acids is 1. The standard InChI is InChI=1S/C11H18O4/c1-6(2)4-7(3)9-5-8(10(12)13)11(14)15-9/h6-9H,4-5H2,1-3H3,(H,12,13). The lowest BCUT2D eigenvalue weighted by molar-refractivity contribution is -0.153. The molecule has 0 amide bonds. The molecule has 1 heterocycles. The topological polar surface area (TPSA) is 63.6 Å². The molecule has 3 atom stereocenters. The summed E-state index contributed by atoms with van der Waals surface area (Å²) in [4.78, 5) is 21.9. The van der Waals surface area contributed by atoms with Gasteiger partial charge in [0.1, 0.15) is 6.10 Å². The Morgan fingerprint density at radius 1 is 1.53 bits per heavy atom. The van der Waals surface area contributed by atoms with E-state index < -0.39 is 17.9 Å². The van der Waals surface area contributed by atoms with Gasteiger partial charge in [-0.1, -0.05) is 20.8 Å². The van der Waals surface area contributed by atoms with Gasteiger partial charge >= 0.3 is 11.9 Å². The van der Waals surface area contributed by atoms with Gasteiger partial charge in [-0.3, -0.25) is 9.59 Å². The van der Waals surface area contributed by atoms with E-state index in [-0.39, 0.29) is 12.0 Å². The van der Waals surface area contributed by atoms with E-state index >= 15 is 0 Å². The predicted molar refractivity (Wildman–Crippen MR) is 54.2 cm³/mol. The lowest BCUT2D eigenvalue weighted by Crippen LogP contribution is -2.19. The Bertz CT molecular complexity index is 259. The summed E-state index contributed by atoms with van der Waals surface area (Å²) in [6.45, 7) is 6.20. The van der Waals surface area contributed by atoms with E-state index in [2.05, 4.69) is 13.8 Å². The van der Waals surface area contributed by atoms with Gasteiger partial charge < -0.3 is 9.84 Å². The largest absolute Gasteiger partial charge is 0.481 e. The lowest BCUT2D eigenvalue weighted by Gasteiger charge is -2.19. The number of carbonyl (C=O) groups excluding carboxylic acids is 1. The normalized spacial score (nSPS) is 27.9. The zero-order valence-corrected chi connectivity index (χ0v) is 9.40. The van der Waals surface area contributed by atoms with E-state index in [0.717, 1.165) is 6.42 Å². The zero-order chi connectivity index (χ0) is 11.6. The van der Waals surface area contributed by atoms with Crippen LogP contribution >= 0.6 is 0 Å². The van der Waals surface area contributed by atoms with Crippen molar-refractivity contribution in [2.45, 2.75) is 39.7 Å². The van der Waals surface area contributed by atoms with Crippen molar-refractivity contribution >= 4 is 11.9 Å². The highest BCUT2D eigenvalue weighted by Crippen LogP contribution is 2.29. The molecule has 0 saturated carbocycles. The van der Waals surface area contributed by atoms with Crippen molar-refractivity contribution in [1.82, 2.24) is 0 Å². The molecule has 0 spiro atoms. The number of rotatable bonds is 4. The van der Waals surface area contributed by atoms with Crippen LogP contribution in [0.4, 0.5) is 0 Å². The number of ether oxygens (including phenoxy) is 1. The third-order valence-electron chi connectivity index (χ3n) is 2.80. The minimum atomic E-state index is -1.07. The molecule has 0 bridgehead atoms. The number of carboxylic acid groups (broad SMARTS) is 1. The quantitative estimate of drug-likeness (QED) is 0.571. The molecule has 1 aliphatic rings. The first-order valence-corrected chi connectivity index (χ1v) is 5.35. The van der Waals surface area contributed by atoms with Gasteiger partial charge in [0.2, 0.25) is 0 Å². The van der Waals surface area contributed by atoms with Crippen molar-refractivity contribution in [2.75, 3.05) is 0 Å². The second kappa shape index (κ2) is 4.64. The van der Waals surface area contributed by atoms with Gasteiger partial charge in [0.25, 0.3) is 0 Å². The van der Waals surface area contributed by atoms with Crippen molar-refractivity contribution in [3.63, 3.8) is 0 Å². The second-order valence-corrected chi connectivity index (χ2v) is 4.71. The van der Waals surface area contributed by atoms with Gasteiger partial charge in [-0.25, -0.2) is 0 Å². The highest BCUT2D eigenvalue weighted by atomic mass is 16.6. The van der Waals surface area contributed by atoms with Crippen LogP contribution in [-0.4, -0.2) is 23.1 Å². The van der Waals surface area contributed by atoms with Crippen molar-refractivity contribution in [3.8, 4) is 0 Å². The summed E-state index contributed by atoms with van der Waals surface area (Å²) in [6, 6.07) is 0. The van der Waals surface area contributed by atoms with E-state index in [0.29, 0.717) is 12.3 Å². The van der Waals surface area contributed by atoms with Crippen LogP contribution in [0.5, 0.6) is 0 Å². The number of hydrogen-bond donors (Lipinski definition) is 1. The fraction of sp³-hybridized carbons (Fsp3) is 0.818. The number of hydrogen-bond acceptors (Lipinski definition) is 3. The molecule has 1 aliphatic heterocycles. The molecule has 0 aromatic heterocycles. The van der Waals surface area contributed by atoms with Crippen molar-refractivity contribution in [1.29, 1.82) is 0 Å². The maximum atomic E-state index is 11.2. The smallest absolute Gasteiger partial charge is 0.320 e. The Kier molecular flexibility index (Phi) is 3.72. The maximum absolute atomic E-state index is 11.2. The summed E-state index contributed by atoms with van der Waals surface area (Å²) in [7, 11) is 0. The zero-order valence-electron chi connectivity index (χ0n) is 9.40. The SMILES string of the molecule is CC(C)CC(C)C1CC(C(=O)O)C(=O)O1. The molecule has 15 heavy (non-hydrogen) atoms. The molecule has 1 saturated heterocycles. The maximum Gasteiger partial charge on any atom is 0.320 e. The Balaban J connectivity index is 2.54. The Morgan fingerprint density at radius 3 is 2.53 bits per heavy atom. The number of carbonyl (C=O) groups is 2. The van der Waals surface area contributed by atoms with Crippen LogP contribution < -0.4 is 0 Å². The van der Waals surface area contributed by atoms with Crippen LogP contribution in [0.25, 0.3) is 0 Å². The fourth-order valence-electron chi connectivity index (χ4n) is 2.05. The number of esters is 1. The van der Waals surface area contributed by atoms with Crippen molar-refractivity contribution < 1.29 is 19.4 Å². The molecular weight excluding hydrogens is 196 g/mol. The molecule has 0 aromatic rings. The third-order valence-corrected chi connectivity index (χ3v) is 2.80.